The highest BCUT2D eigenvalue weighted by molar-refractivity contribution is 6.07. The van der Waals surface area contributed by atoms with Gasteiger partial charge in [-0.25, -0.2) is 4.79 Å². The van der Waals surface area contributed by atoms with Gasteiger partial charge in [0.2, 0.25) is 0 Å². The standard InChI is InChI=1S/C22H25N3O3/c26-21(17-5-2-1-3-6-17)25-11-10-18-13-16(8-9-20(18)25)14-23-22(27)24-15-19-7-4-12-28-19/h1-3,5-6,8-9,13,19H,4,7,10-12,14-15H2,(H2,23,24,27)/t19-/m1/s1. The highest BCUT2D eigenvalue weighted by Crippen LogP contribution is 2.30. The number of benzene rings is 2. The Kier molecular flexibility index (Phi) is 5.58. The molecule has 146 valence electrons. The molecule has 2 aliphatic rings. The second-order valence-electron chi connectivity index (χ2n) is 7.23. The van der Waals surface area contributed by atoms with Crippen molar-refractivity contribution >= 4 is 17.6 Å². The van der Waals surface area contributed by atoms with Crippen LogP contribution in [0.2, 0.25) is 0 Å². The molecule has 0 saturated carbocycles. The summed E-state index contributed by atoms with van der Waals surface area (Å²) in [4.78, 5) is 26.5. The van der Waals surface area contributed by atoms with Crippen LogP contribution >= 0.6 is 0 Å². The van der Waals surface area contributed by atoms with E-state index in [9.17, 15) is 9.59 Å². The van der Waals surface area contributed by atoms with E-state index in [2.05, 4.69) is 16.7 Å². The predicted molar refractivity (Wildman–Crippen MR) is 107 cm³/mol. The number of urea groups is 1. The Balaban J connectivity index is 1.33. The van der Waals surface area contributed by atoms with Crippen molar-refractivity contribution in [2.24, 2.45) is 0 Å². The predicted octanol–water partition coefficient (Wildman–Crippen LogP) is 2.87. The van der Waals surface area contributed by atoms with Crippen molar-refractivity contribution < 1.29 is 14.3 Å². The first kappa shape index (κ1) is 18.5. The van der Waals surface area contributed by atoms with Gasteiger partial charge in [0.25, 0.3) is 5.91 Å². The van der Waals surface area contributed by atoms with Crippen molar-refractivity contribution in [3.05, 3.63) is 65.2 Å². The minimum absolute atomic E-state index is 0.0266. The van der Waals surface area contributed by atoms with Gasteiger partial charge in [-0.1, -0.05) is 30.3 Å². The second-order valence-corrected chi connectivity index (χ2v) is 7.23. The van der Waals surface area contributed by atoms with Crippen LogP contribution in [-0.4, -0.2) is 37.7 Å². The van der Waals surface area contributed by atoms with E-state index in [0.717, 1.165) is 42.7 Å². The fourth-order valence-electron chi connectivity index (χ4n) is 3.77. The van der Waals surface area contributed by atoms with Crippen molar-refractivity contribution in [1.82, 2.24) is 10.6 Å². The normalized spacial score (nSPS) is 18.0. The number of carbonyl (C=O) groups is 2. The highest BCUT2D eigenvalue weighted by atomic mass is 16.5. The number of nitrogens with zero attached hydrogens (tertiary/aromatic N) is 1. The smallest absolute Gasteiger partial charge is 0.315 e. The van der Waals surface area contributed by atoms with Crippen molar-refractivity contribution in [3.63, 3.8) is 0 Å². The number of hydrogen-bond acceptors (Lipinski definition) is 3. The third-order valence-electron chi connectivity index (χ3n) is 5.27. The number of rotatable bonds is 5. The zero-order valence-electron chi connectivity index (χ0n) is 15.8. The largest absolute Gasteiger partial charge is 0.376 e. The molecule has 1 fully saturated rings. The molecule has 2 heterocycles. The molecule has 6 nitrogen and oxygen atoms in total. The lowest BCUT2D eigenvalue weighted by Crippen LogP contribution is -2.39. The van der Waals surface area contributed by atoms with Crippen LogP contribution in [0.1, 0.15) is 34.3 Å². The Labute approximate surface area is 164 Å². The van der Waals surface area contributed by atoms with E-state index in [0.29, 0.717) is 25.2 Å². The van der Waals surface area contributed by atoms with E-state index in [1.807, 2.05) is 47.4 Å². The number of anilines is 1. The Morgan fingerprint density at radius 1 is 1.11 bits per heavy atom. The molecule has 0 aliphatic carbocycles. The quantitative estimate of drug-likeness (QED) is 0.839. The Morgan fingerprint density at radius 3 is 2.75 bits per heavy atom. The Bertz CT molecular complexity index is 847. The summed E-state index contributed by atoms with van der Waals surface area (Å²) in [7, 11) is 0. The van der Waals surface area contributed by atoms with Gasteiger partial charge in [-0.3, -0.25) is 4.79 Å². The molecule has 0 aromatic heterocycles. The average Bonchev–Trinajstić information content (AvgIpc) is 3.40. The molecule has 2 N–H and O–H groups in total. The first-order valence-electron chi connectivity index (χ1n) is 9.83. The summed E-state index contributed by atoms with van der Waals surface area (Å²) in [6.07, 6.45) is 3.03. The summed E-state index contributed by atoms with van der Waals surface area (Å²) in [5.74, 6) is 0.0266. The third-order valence-corrected chi connectivity index (χ3v) is 5.27. The van der Waals surface area contributed by atoms with Gasteiger partial charge in [-0.15, -0.1) is 0 Å². The number of carbonyl (C=O) groups excluding carboxylic acids is 2. The summed E-state index contributed by atoms with van der Waals surface area (Å²) in [5, 5.41) is 5.75. The zero-order valence-corrected chi connectivity index (χ0v) is 15.8. The Morgan fingerprint density at radius 2 is 1.96 bits per heavy atom. The van der Waals surface area contributed by atoms with Crippen LogP contribution in [-0.2, 0) is 17.7 Å². The van der Waals surface area contributed by atoms with Crippen LogP contribution in [0, 0.1) is 0 Å². The van der Waals surface area contributed by atoms with Gasteiger partial charge >= 0.3 is 6.03 Å². The highest BCUT2D eigenvalue weighted by Gasteiger charge is 2.25. The monoisotopic (exact) mass is 379 g/mol. The molecule has 4 rings (SSSR count). The molecule has 2 aromatic rings. The first-order valence-corrected chi connectivity index (χ1v) is 9.83. The van der Waals surface area contributed by atoms with E-state index in [1.165, 1.54) is 0 Å². The fraction of sp³-hybridized carbons (Fsp3) is 0.364. The van der Waals surface area contributed by atoms with E-state index < -0.39 is 0 Å². The summed E-state index contributed by atoms with van der Waals surface area (Å²) in [5.41, 5.74) is 3.83. The topological polar surface area (TPSA) is 70.7 Å². The van der Waals surface area contributed by atoms with Crippen LogP contribution in [0.25, 0.3) is 0 Å². The van der Waals surface area contributed by atoms with Gasteiger partial charge in [-0.2, -0.15) is 0 Å². The molecule has 28 heavy (non-hydrogen) atoms. The van der Waals surface area contributed by atoms with E-state index in [-0.39, 0.29) is 18.0 Å². The van der Waals surface area contributed by atoms with Gasteiger partial charge in [0.15, 0.2) is 0 Å². The van der Waals surface area contributed by atoms with Crippen molar-refractivity contribution in [2.45, 2.75) is 31.9 Å². The maximum absolute atomic E-state index is 12.7. The maximum atomic E-state index is 12.7. The maximum Gasteiger partial charge on any atom is 0.315 e. The minimum Gasteiger partial charge on any atom is -0.376 e. The molecule has 1 atom stereocenters. The molecule has 2 aliphatic heterocycles. The van der Waals surface area contributed by atoms with E-state index >= 15 is 0 Å². The number of amides is 3. The molecule has 2 aromatic carbocycles. The van der Waals surface area contributed by atoms with Gasteiger partial charge in [0.05, 0.1) is 6.10 Å². The van der Waals surface area contributed by atoms with Crippen LogP contribution in [0.4, 0.5) is 10.5 Å². The molecule has 0 bridgehead atoms. The molecule has 0 unspecified atom stereocenters. The van der Waals surface area contributed by atoms with Crippen LogP contribution in [0.5, 0.6) is 0 Å². The molecule has 3 amide bonds. The first-order chi connectivity index (χ1) is 13.7. The SMILES string of the molecule is O=C(NCc1ccc2c(c1)CCN2C(=O)c1ccccc1)NC[C@H]1CCCO1. The van der Waals surface area contributed by atoms with Gasteiger partial charge in [0, 0.05) is 37.5 Å². The zero-order chi connectivity index (χ0) is 19.3. The van der Waals surface area contributed by atoms with Crippen LogP contribution < -0.4 is 15.5 Å². The van der Waals surface area contributed by atoms with E-state index in [4.69, 9.17) is 4.74 Å². The average molecular weight is 379 g/mol. The van der Waals surface area contributed by atoms with Crippen molar-refractivity contribution in [1.29, 1.82) is 0 Å². The van der Waals surface area contributed by atoms with Crippen molar-refractivity contribution in [3.8, 4) is 0 Å². The molecule has 1 saturated heterocycles. The minimum atomic E-state index is -0.183. The molecule has 6 heteroatoms. The second kappa shape index (κ2) is 8.44. The number of ether oxygens (including phenoxy) is 1. The van der Waals surface area contributed by atoms with Crippen molar-refractivity contribution in [2.75, 3.05) is 24.6 Å². The molecular formula is C22H25N3O3. The van der Waals surface area contributed by atoms with E-state index in [1.54, 1.807) is 0 Å². The van der Waals surface area contributed by atoms with Gasteiger partial charge in [0.1, 0.15) is 0 Å². The van der Waals surface area contributed by atoms with Crippen LogP contribution in [0.15, 0.2) is 48.5 Å². The van der Waals surface area contributed by atoms with Gasteiger partial charge in [-0.05, 0) is 48.6 Å². The number of nitrogens with one attached hydrogen (secondary N) is 2. The number of hydrogen-bond donors (Lipinski definition) is 2. The summed E-state index contributed by atoms with van der Waals surface area (Å²) >= 11 is 0. The number of fused-ring (bicyclic) bond motifs is 1. The Hall–Kier alpha value is -2.86. The molecular weight excluding hydrogens is 354 g/mol. The lowest BCUT2D eigenvalue weighted by atomic mass is 10.1. The van der Waals surface area contributed by atoms with Crippen LogP contribution in [0.3, 0.4) is 0 Å². The molecule has 0 radical (unpaired) electrons. The molecule has 0 spiro atoms. The summed E-state index contributed by atoms with van der Waals surface area (Å²) in [6.45, 7) is 2.47. The fourth-order valence-corrected chi connectivity index (χ4v) is 3.77. The third kappa shape index (κ3) is 4.17. The summed E-state index contributed by atoms with van der Waals surface area (Å²) < 4.78 is 5.50. The summed E-state index contributed by atoms with van der Waals surface area (Å²) in [6, 6.07) is 15.2. The lowest BCUT2D eigenvalue weighted by Gasteiger charge is -2.18. The van der Waals surface area contributed by atoms with Gasteiger partial charge < -0.3 is 20.3 Å². The lowest BCUT2D eigenvalue weighted by molar-refractivity contribution is 0.0989.